The van der Waals surface area contributed by atoms with Crippen molar-refractivity contribution < 1.29 is 18.7 Å². The van der Waals surface area contributed by atoms with E-state index >= 15 is 0 Å². The molecule has 1 aliphatic carbocycles. The fraction of sp³-hybridized carbons (Fsp3) is 0.280. The molecule has 1 aliphatic rings. The number of thioether (sulfide) groups is 1. The van der Waals surface area contributed by atoms with E-state index in [1.807, 2.05) is 24.5 Å². The van der Waals surface area contributed by atoms with Gasteiger partial charge >= 0.3 is 0 Å². The van der Waals surface area contributed by atoms with Gasteiger partial charge < -0.3 is 15.4 Å². The van der Waals surface area contributed by atoms with Gasteiger partial charge in [-0.3, -0.25) is 14.6 Å². The zero-order valence-electron chi connectivity index (χ0n) is 18.7. The van der Waals surface area contributed by atoms with Crippen molar-refractivity contribution in [3.05, 3.63) is 78.0 Å². The maximum absolute atomic E-state index is 13.9. The lowest BCUT2D eigenvalue weighted by Gasteiger charge is -2.29. The summed E-state index contributed by atoms with van der Waals surface area (Å²) in [6.45, 7) is 0. The number of hydrogen-bond acceptors (Lipinski definition) is 6. The van der Waals surface area contributed by atoms with Gasteiger partial charge in [-0.25, -0.2) is 9.37 Å². The van der Waals surface area contributed by atoms with Gasteiger partial charge in [0.05, 0.1) is 6.20 Å². The lowest BCUT2D eigenvalue weighted by molar-refractivity contribution is 0.0887. The third-order valence-electron chi connectivity index (χ3n) is 5.61. The minimum absolute atomic E-state index is 0.0149. The summed E-state index contributed by atoms with van der Waals surface area (Å²) in [5.41, 5.74) is 0.423. The molecule has 0 unspecified atom stereocenters. The van der Waals surface area contributed by atoms with E-state index in [0.29, 0.717) is 24.3 Å². The van der Waals surface area contributed by atoms with Crippen LogP contribution in [0.4, 0.5) is 4.39 Å². The molecule has 2 amide bonds. The molecule has 2 N–H and O–H groups in total. The smallest absolute Gasteiger partial charge is 0.270 e. The van der Waals surface area contributed by atoms with Crippen LogP contribution >= 0.6 is 11.8 Å². The highest BCUT2D eigenvalue weighted by molar-refractivity contribution is 7.98. The van der Waals surface area contributed by atoms with Crippen LogP contribution in [0.2, 0.25) is 0 Å². The molecule has 0 bridgehead atoms. The topological polar surface area (TPSA) is 93.2 Å². The quantitative estimate of drug-likeness (QED) is 0.480. The highest BCUT2D eigenvalue weighted by atomic mass is 32.2. The van der Waals surface area contributed by atoms with E-state index in [4.69, 9.17) is 4.74 Å². The van der Waals surface area contributed by atoms with E-state index in [0.717, 1.165) is 30.0 Å². The molecule has 176 valence electrons. The van der Waals surface area contributed by atoms with E-state index in [-0.39, 0.29) is 29.4 Å². The highest BCUT2D eigenvalue weighted by Crippen LogP contribution is 2.28. The Bertz CT molecular complexity index is 1150. The predicted molar refractivity (Wildman–Crippen MR) is 128 cm³/mol. The molecule has 1 saturated carbocycles. The van der Waals surface area contributed by atoms with Gasteiger partial charge in [0.15, 0.2) is 0 Å². The van der Waals surface area contributed by atoms with Crippen LogP contribution in [0.3, 0.4) is 0 Å². The third-order valence-corrected chi connectivity index (χ3v) is 6.34. The Labute approximate surface area is 201 Å². The van der Waals surface area contributed by atoms with Crippen LogP contribution in [0, 0.1) is 5.82 Å². The second-order valence-corrected chi connectivity index (χ2v) is 8.88. The van der Waals surface area contributed by atoms with Crippen LogP contribution in [0.25, 0.3) is 0 Å². The Kier molecular flexibility index (Phi) is 7.74. The number of ether oxygens (including phenoxy) is 1. The molecule has 34 heavy (non-hydrogen) atoms. The normalized spacial score (nSPS) is 17.6. The molecule has 4 rings (SSSR count). The Hall–Kier alpha value is -3.46. The molecule has 0 radical (unpaired) electrons. The number of benzene rings is 1. The molecule has 0 spiro atoms. The van der Waals surface area contributed by atoms with E-state index in [9.17, 15) is 14.0 Å². The third kappa shape index (κ3) is 6.11. The van der Waals surface area contributed by atoms with Crippen LogP contribution < -0.4 is 15.4 Å². The van der Waals surface area contributed by atoms with Crippen LogP contribution in [-0.2, 0) is 0 Å². The van der Waals surface area contributed by atoms with Crippen LogP contribution in [0.1, 0.15) is 46.5 Å². The Morgan fingerprint density at radius 2 is 1.71 bits per heavy atom. The molecule has 1 fully saturated rings. The second kappa shape index (κ2) is 11.1. The molecule has 2 heterocycles. The van der Waals surface area contributed by atoms with E-state index in [1.165, 1.54) is 0 Å². The summed E-state index contributed by atoms with van der Waals surface area (Å²) in [4.78, 5) is 34.3. The first-order chi connectivity index (χ1) is 16.5. The average molecular weight is 481 g/mol. The minimum Gasteiger partial charge on any atom is -0.438 e. The molecule has 7 nitrogen and oxygen atoms in total. The van der Waals surface area contributed by atoms with Gasteiger partial charge in [0.1, 0.15) is 22.8 Å². The standard InChI is InChI=1S/C25H25FN4O3S/c1-34-20-6-4-5-19(14-20)33-25-21(13-16(26)15-28-25)23(31)29-17-8-10-18(11-9-17)30-24(32)22-7-2-3-12-27-22/h2-7,12-15,17-18H,8-11H2,1H3,(H,29,31)(H,30,32). The number of hydrogen-bond donors (Lipinski definition) is 2. The van der Waals surface area contributed by atoms with Gasteiger partial charge in [0, 0.05) is 23.2 Å². The Balaban J connectivity index is 1.36. The first kappa shape index (κ1) is 23.7. The molecular formula is C25H25FN4O3S. The van der Waals surface area contributed by atoms with Crippen molar-refractivity contribution in [2.24, 2.45) is 0 Å². The van der Waals surface area contributed by atoms with E-state index in [1.54, 1.807) is 42.2 Å². The maximum atomic E-state index is 13.9. The SMILES string of the molecule is CSc1cccc(Oc2ncc(F)cc2C(=O)NC2CCC(NC(=O)c3ccccn3)CC2)c1. The fourth-order valence-corrected chi connectivity index (χ4v) is 4.30. The Morgan fingerprint density at radius 1 is 0.971 bits per heavy atom. The molecule has 0 saturated heterocycles. The zero-order chi connectivity index (χ0) is 23.9. The van der Waals surface area contributed by atoms with Crippen molar-refractivity contribution in [2.75, 3.05) is 6.26 Å². The van der Waals surface area contributed by atoms with Crippen LogP contribution in [0.15, 0.2) is 65.8 Å². The molecule has 9 heteroatoms. The lowest BCUT2D eigenvalue weighted by atomic mass is 9.91. The summed E-state index contributed by atoms with van der Waals surface area (Å²) in [6, 6.07) is 13.6. The summed E-state index contributed by atoms with van der Waals surface area (Å²) < 4.78 is 19.7. The molecule has 0 aliphatic heterocycles. The molecule has 2 aromatic heterocycles. The van der Waals surface area contributed by atoms with Gasteiger partial charge in [0.25, 0.3) is 11.8 Å². The first-order valence-electron chi connectivity index (χ1n) is 11.0. The van der Waals surface area contributed by atoms with Crippen molar-refractivity contribution in [1.29, 1.82) is 0 Å². The zero-order valence-corrected chi connectivity index (χ0v) is 19.5. The molecule has 0 atom stereocenters. The molecule has 3 aromatic rings. The second-order valence-electron chi connectivity index (χ2n) is 8.00. The number of halogens is 1. The summed E-state index contributed by atoms with van der Waals surface area (Å²) in [5, 5.41) is 5.96. The van der Waals surface area contributed by atoms with E-state index in [2.05, 4.69) is 20.6 Å². The predicted octanol–water partition coefficient (Wildman–Crippen LogP) is 4.60. The Morgan fingerprint density at radius 3 is 2.38 bits per heavy atom. The molecular weight excluding hydrogens is 455 g/mol. The fourth-order valence-electron chi connectivity index (χ4n) is 3.85. The van der Waals surface area contributed by atoms with Crippen molar-refractivity contribution in [2.45, 2.75) is 42.7 Å². The van der Waals surface area contributed by atoms with Gasteiger partial charge in [0.2, 0.25) is 5.88 Å². The number of rotatable bonds is 7. The lowest BCUT2D eigenvalue weighted by Crippen LogP contribution is -2.44. The maximum Gasteiger partial charge on any atom is 0.270 e. The van der Waals surface area contributed by atoms with Gasteiger partial charge in [-0.15, -0.1) is 11.8 Å². The largest absolute Gasteiger partial charge is 0.438 e. The summed E-state index contributed by atoms with van der Waals surface area (Å²) in [7, 11) is 0. The number of aromatic nitrogens is 2. The first-order valence-corrected chi connectivity index (χ1v) is 12.2. The van der Waals surface area contributed by atoms with Crippen molar-refractivity contribution >= 4 is 23.6 Å². The van der Waals surface area contributed by atoms with Crippen molar-refractivity contribution in [3.63, 3.8) is 0 Å². The number of carbonyl (C=O) groups excluding carboxylic acids is 2. The summed E-state index contributed by atoms with van der Waals surface area (Å²) in [6.07, 6.45) is 7.37. The molecule has 1 aromatic carbocycles. The highest BCUT2D eigenvalue weighted by Gasteiger charge is 2.26. The van der Waals surface area contributed by atoms with E-state index < -0.39 is 11.7 Å². The van der Waals surface area contributed by atoms with Crippen LogP contribution in [0.5, 0.6) is 11.6 Å². The number of nitrogens with zero attached hydrogens (tertiary/aromatic N) is 2. The summed E-state index contributed by atoms with van der Waals surface area (Å²) >= 11 is 1.56. The van der Waals surface area contributed by atoms with Crippen LogP contribution in [-0.4, -0.2) is 40.1 Å². The monoisotopic (exact) mass is 480 g/mol. The number of carbonyl (C=O) groups is 2. The van der Waals surface area contributed by atoms with Gasteiger partial charge in [-0.2, -0.15) is 0 Å². The van der Waals surface area contributed by atoms with Gasteiger partial charge in [-0.05, 0) is 68.3 Å². The van der Waals surface area contributed by atoms with Crippen molar-refractivity contribution in [1.82, 2.24) is 20.6 Å². The number of amides is 2. The van der Waals surface area contributed by atoms with Gasteiger partial charge in [-0.1, -0.05) is 12.1 Å². The summed E-state index contributed by atoms with van der Waals surface area (Å²) in [5.74, 6) is -0.691. The average Bonchev–Trinajstić information content (AvgIpc) is 2.87. The minimum atomic E-state index is -0.615. The number of pyridine rings is 2. The van der Waals surface area contributed by atoms with Crippen molar-refractivity contribution in [3.8, 4) is 11.6 Å². The number of nitrogens with one attached hydrogen (secondary N) is 2.